The fraction of sp³-hybridized carbons (Fsp3) is 0.316. The van der Waals surface area contributed by atoms with Gasteiger partial charge in [0.15, 0.2) is 0 Å². The first kappa shape index (κ1) is 18.9. The van der Waals surface area contributed by atoms with Gasteiger partial charge in [-0.1, -0.05) is 0 Å². The predicted molar refractivity (Wildman–Crippen MR) is 109 cm³/mol. The van der Waals surface area contributed by atoms with E-state index in [0.717, 1.165) is 15.3 Å². The number of amides is 1. The number of fused-ring (bicyclic) bond motifs is 1. The van der Waals surface area contributed by atoms with Gasteiger partial charge in [0.05, 0.1) is 24.2 Å². The Bertz CT molecular complexity index is 1070. The maximum atomic E-state index is 12.5. The Kier molecular flexibility index (Phi) is 5.18. The zero-order chi connectivity index (χ0) is 19.7. The maximum absolute atomic E-state index is 12.5. The van der Waals surface area contributed by atoms with Crippen molar-refractivity contribution in [3.05, 3.63) is 44.8 Å². The number of anilines is 2. The topological polar surface area (TPSA) is 96.1 Å². The van der Waals surface area contributed by atoms with E-state index >= 15 is 0 Å². The summed E-state index contributed by atoms with van der Waals surface area (Å²) in [5, 5.41) is 6.70. The average Bonchev–Trinajstić information content (AvgIpc) is 2.89. The number of methoxy groups -OCH3 is 1. The minimum absolute atomic E-state index is 0.135. The predicted octanol–water partition coefficient (Wildman–Crippen LogP) is 3.74. The summed E-state index contributed by atoms with van der Waals surface area (Å²) in [5.74, 6) is 1.02. The lowest BCUT2D eigenvalue weighted by Gasteiger charge is -2.18. The third kappa shape index (κ3) is 3.80. The standard InChI is InChI=1S/C19H22N4O3S/c1-9-11(3)27-19-16(9)18(25)22-17(23-19)10(2)20-14-8-13(21-12(4)24)6-7-15(14)26-5/h6-8,10,20H,1-5H3,(H,21,24)(H,22,23,25)/t10-/m0/s1. The van der Waals surface area contributed by atoms with E-state index in [1.807, 2.05) is 20.8 Å². The van der Waals surface area contributed by atoms with E-state index in [-0.39, 0.29) is 17.5 Å². The quantitative estimate of drug-likeness (QED) is 0.621. The van der Waals surface area contributed by atoms with Gasteiger partial charge < -0.3 is 20.4 Å². The van der Waals surface area contributed by atoms with Crippen molar-refractivity contribution in [3.8, 4) is 5.75 Å². The van der Waals surface area contributed by atoms with Crippen molar-refractivity contribution in [2.45, 2.75) is 33.7 Å². The highest BCUT2D eigenvalue weighted by Crippen LogP contribution is 2.31. The molecule has 0 saturated carbocycles. The van der Waals surface area contributed by atoms with Crippen LogP contribution in [-0.4, -0.2) is 23.0 Å². The highest BCUT2D eigenvalue weighted by atomic mass is 32.1. The number of aromatic nitrogens is 2. The smallest absolute Gasteiger partial charge is 0.259 e. The molecule has 0 unspecified atom stereocenters. The number of aryl methyl sites for hydroxylation is 2. The van der Waals surface area contributed by atoms with Crippen molar-refractivity contribution in [2.75, 3.05) is 17.7 Å². The van der Waals surface area contributed by atoms with Crippen LogP contribution in [0.4, 0.5) is 11.4 Å². The van der Waals surface area contributed by atoms with Gasteiger partial charge in [-0.3, -0.25) is 9.59 Å². The first-order chi connectivity index (χ1) is 12.8. The Morgan fingerprint density at radius 1 is 1.33 bits per heavy atom. The Hall–Kier alpha value is -2.87. The van der Waals surface area contributed by atoms with Crippen molar-refractivity contribution in [1.29, 1.82) is 0 Å². The van der Waals surface area contributed by atoms with E-state index in [4.69, 9.17) is 4.74 Å². The summed E-state index contributed by atoms with van der Waals surface area (Å²) in [5.41, 5.74) is 2.18. The molecule has 2 heterocycles. The molecule has 0 bridgehead atoms. The van der Waals surface area contributed by atoms with Crippen molar-refractivity contribution in [1.82, 2.24) is 9.97 Å². The molecule has 0 aliphatic rings. The molecule has 2 aromatic heterocycles. The van der Waals surface area contributed by atoms with Gasteiger partial charge in [-0.15, -0.1) is 11.3 Å². The minimum Gasteiger partial charge on any atom is -0.495 e. The molecule has 142 valence electrons. The zero-order valence-corrected chi connectivity index (χ0v) is 16.7. The number of hydrogen-bond acceptors (Lipinski definition) is 6. The monoisotopic (exact) mass is 386 g/mol. The van der Waals surface area contributed by atoms with Gasteiger partial charge in [0.1, 0.15) is 16.4 Å². The first-order valence-electron chi connectivity index (χ1n) is 8.52. The number of nitrogens with one attached hydrogen (secondary N) is 3. The molecule has 1 atom stereocenters. The van der Waals surface area contributed by atoms with Gasteiger partial charge >= 0.3 is 0 Å². The van der Waals surface area contributed by atoms with Crippen molar-refractivity contribution >= 4 is 38.8 Å². The second-order valence-electron chi connectivity index (χ2n) is 6.38. The van der Waals surface area contributed by atoms with Crippen LogP contribution in [0.15, 0.2) is 23.0 Å². The summed E-state index contributed by atoms with van der Waals surface area (Å²) in [6.45, 7) is 7.28. The molecule has 27 heavy (non-hydrogen) atoms. The number of rotatable bonds is 5. The third-order valence-electron chi connectivity index (χ3n) is 4.36. The fourth-order valence-corrected chi connectivity index (χ4v) is 3.92. The molecule has 3 rings (SSSR count). The number of benzene rings is 1. The van der Waals surface area contributed by atoms with Crippen LogP contribution >= 0.6 is 11.3 Å². The largest absolute Gasteiger partial charge is 0.495 e. The Balaban J connectivity index is 1.95. The molecular formula is C19H22N4O3S. The number of nitrogens with zero attached hydrogens (tertiary/aromatic N) is 1. The highest BCUT2D eigenvalue weighted by Gasteiger charge is 2.16. The summed E-state index contributed by atoms with van der Waals surface area (Å²) in [6, 6.07) is 5.05. The van der Waals surface area contributed by atoms with Crippen LogP contribution in [0.3, 0.4) is 0 Å². The van der Waals surface area contributed by atoms with Crippen molar-refractivity contribution in [2.24, 2.45) is 0 Å². The van der Waals surface area contributed by atoms with E-state index in [1.54, 1.807) is 25.3 Å². The molecule has 0 spiro atoms. The van der Waals surface area contributed by atoms with Gasteiger partial charge in [-0.25, -0.2) is 4.98 Å². The Labute approximate surface area is 160 Å². The molecule has 3 aromatic rings. The number of ether oxygens (including phenoxy) is 1. The number of carbonyl (C=O) groups is 1. The molecule has 3 N–H and O–H groups in total. The van der Waals surface area contributed by atoms with E-state index in [2.05, 4.69) is 20.6 Å². The second-order valence-corrected chi connectivity index (χ2v) is 7.58. The highest BCUT2D eigenvalue weighted by molar-refractivity contribution is 7.18. The van der Waals surface area contributed by atoms with Gasteiger partial charge in [-0.05, 0) is 44.5 Å². The molecule has 0 aliphatic heterocycles. The van der Waals surface area contributed by atoms with E-state index in [0.29, 0.717) is 28.3 Å². The summed E-state index contributed by atoms with van der Waals surface area (Å²) in [4.78, 5) is 33.1. The maximum Gasteiger partial charge on any atom is 0.259 e. The number of carbonyl (C=O) groups excluding carboxylic acids is 1. The second kappa shape index (κ2) is 7.40. The lowest BCUT2D eigenvalue weighted by molar-refractivity contribution is -0.114. The van der Waals surface area contributed by atoms with Gasteiger partial charge in [0.2, 0.25) is 5.91 Å². The third-order valence-corrected chi connectivity index (χ3v) is 5.46. The molecule has 0 aliphatic carbocycles. The first-order valence-corrected chi connectivity index (χ1v) is 9.34. The normalized spacial score (nSPS) is 12.0. The van der Waals surface area contributed by atoms with Gasteiger partial charge in [0.25, 0.3) is 5.56 Å². The van der Waals surface area contributed by atoms with Crippen LogP contribution in [0.1, 0.15) is 36.2 Å². The molecule has 7 nitrogen and oxygen atoms in total. The van der Waals surface area contributed by atoms with E-state index in [9.17, 15) is 9.59 Å². The summed E-state index contributed by atoms with van der Waals surface area (Å²) in [6.07, 6.45) is 0. The number of H-pyrrole nitrogens is 1. The van der Waals surface area contributed by atoms with Gasteiger partial charge in [0, 0.05) is 17.5 Å². The van der Waals surface area contributed by atoms with Crippen LogP contribution in [0.2, 0.25) is 0 Å². The van der Waals surface area contributed by atoms with E-state index in [1.165, 1.54) is 18.3 Å². The van der Waals surface area contributed by atoms with Crippen molar-refractivity contribution < 1.29 is 9.53 Å². The lowest BCUT2D eigenvalue weighted by atomic mass is 10.2. The zero-order valence-electron chi connectivity index (χ0n) is 15.9. The van der Waals surface area contributed by atoms with Gasteiger partial charge in [-0.2, -0.15) is 0 Å². The van der Waals surface area contributed by atoms with Crippen LogP contribution < -0.4 is 20.9 Å². The SMILES string of the molecule is COc1ccc(NC(C)=O)cc1N[C@@H](C)c1nc2sc(C)c(C)c2c(=O)[nH]1. The molecular weight excluding hydrogens is 364 g/mol. The fourth-order valence-electron chi connectivity index (χ4n) is 2.88. The number of aromatic amines is 1. The molecule has 0 fully saturated rings. The van der Waals surface area contributed by atoms with Crippen molar-refractivity contribution in [3.63, 3.8) is 0 Å². The average molecular weight is 386 g/mol. The summed E-state index contributed by atoms with van der Waals surface area (Å²) < 4.78 is 5.39. The molecule has 1 amide bonds. The minimum atomic E-state index is -0.272. The summed E-state index contributed by atoms with van der Waals surface area (Å²) >= 11 is 1.52. The molecule has 0 radical (unpaired) electrons. The van der Waals surface area contributed by atoms with Crippen LogP contribution in [0, 0.1) is 13.8 Å². The lowest BCUT2D eigenvalue weighted by Crippen LogP contribution is -2.18. The van der Waals surface area contributed by atoms with Crippen LogP contribution in [-0.2, 0) is 4.79 Å². The molecule has 8 heteroatoms. The Morgan fingerprint density at radius 2 is 2.07 bits per heavy atom. The van der Waals surface area contributed by atoms with Crippen LogP contribution in [0.5, 0.6) is 5.75 Å². The molecule has 1 aromatic carbocycles. The summed E-state index contributed by atoms with van der Waals surface area (Å²) in [7, 11) is 1.58. The number of hydrogen-bond donors (Lipinski definition) is 3. The number of thiophene rings is 1. The van der Waals surface area contributed by atoms with E-state index < -0.39 is 0 Å². The Morgan fingerprint density at radius 3 is 2.74 bits per heavy atom. The van der Waals surface area contributed by atoms with Crippen LogP contribution in [0.25, 0.3) is 10.2 Å². The molecule has 0 saturated heterocycles.